The van der Waals surface area contributed by atoms with Crippen molar-refractivity contribution in [3.63, 3.8) is 0 Å². The number of halogens is 2. The smallest absolute Gasteiger partial charge is 0.261 e. The minimum absolute atomic E-state index is 0.0349. The molecule has 0 aromatic rings. The predicted molar refractivity (Wildman–Crippen MR) is 68.9 cm³/mol. The molecule has 1 unspecified atom stereocenters. The monoisotopic (exact) mass is 300 g/mol. The average molecular weight is 300 g/mol. The molecule has 0 aromatic heterocycles. The highest BCUT2D eigenvalue weighted by atomic mass is 32.2. The van der Waals surface area contributed by atoms with Gasteiger partial charge in [-0.1, -0.05) is 6.42 Å². The molecule has 0 bridgehead atoms. The summed E-state index contributed by atoms with van der Waals surface area (Å²) >= 11 is 0. The third-order valence-corrected chi connectivity index (χ3v) is 4.38. The van der Waals surface area contributed by atoms with Gasteiger partial charge in [0.25, 0.3) is 6.43 Å². The maximum atomic E-state index is 11.8. The zero-order valence-electron chi connectivity index (χ0n) is 10.9. The summed E-state index contributed by atoms with van der Waals surface area (Å²) in [6.07, 6.45) is 1.34. The average Bonchev–Trinajstić information content (AvgIpc) is 2.37. The molecule has 2 N–H and O–H groups in total. The number of rotatable bonds is 9. The summed E-state index contributed by atoms with van der Waals surface area (Å²) in [5.41, 5.74) is 0. The molecule has 0 aliphatic carbocycles. The van der Waals surface area contributed by atoms with Crippen LogP contribution in [0.2, 0.25) is 0 Å². The largest absolute Gasteiger partial charge is 0.374 e. The van der Waals surface area contributed by atoms with E-state index in [1.54, 1.807) is 0 Å². The summed E-state index contributed by atoms with van der Waals surface area (Å²) in [6.45, 7) is 0.283. The fourth-order valence-electron chi connectivity index (χ4n) is 1.98. The Labute approximate surface area is 113 Å². The summed E-state index contributed by atoms with van der Waals surface area (Å²) in [7, 11) is -3.34. The van der Waals surface area contributed by atoms with Crippen LogP contribution in [-0.4, -0.2) is 52.9 Å². The number of sulfonamides is 1. The Morgan fingerprint density at radius 1 is 1.37 bits per heavy atom. The molecule has 1 heterocycles. The first-order valence-electron chi connectivity index (χ1n) is 6.56. The van der Waals surface area contributed by atoms with E-state index in [0.717, 1.165) is 25.8 Å². The van der Waals surface area contributed by atoms with Gasteiger partial charge in [0.2, 0.25) is 10.0 Å². The molecule has 1 atom stereocenters. The lowest BCUT2D eigenvalue weighted by atomic mass is 10.0. The first kappa shape index (κ1) is 16.7. The number of nitrogens with one attached hydrogen (secondary N) is 2. The molecule has 0 amide bonds. The van der Waals surface area contributed by atoms with E-state index in [2.05, 4.69) is 14.8 Å². The Balaban J connectivity index is 2.09. The van der Waals surface area contributed by atoms with Crippen LogP contribution in [0.4, 0.5) is 8.78 Å². The van der Waals surface area contributed by atoms with Gasteiger partial charge in [0.05, 0.1) is 12.4 Å². The van der Waals surface area contributed by atoms with Gasteiger partial charge in [-0.3, -0.25) is 0 Å². The van der Waals surface area contributed by atoms with Gasteiger partial charge in [-0.2, -0.15) is 0 Å². The van der Waals surface area contributed by atoms with E-state index in [9.17, 15) is 17.2 Å². The van der Waals surface area contributed by atoms with Gasteiger partial charge in [-0.15, -0.1) is 0 Å². The molecule has 5 nitrogen and oxygen atoms in total. The maximum absolute atomic E-state index is 11.8. The van der Waals surface area contributed by atoms with Crippen LogP contribution in [-0.2, 0) is 14.8 Å². The van der Waals surface area contributed by atoms with Crippen LogP contribution in [0.1, 0.15) is 25.7 Å². The summed E-state index contributed by atoms with van der Waals surface area (Å²) < 4.78 is 53.7. The van der Waals surface area contributed by atoms with Gasteiger partial charge in [0.15, 0.2) is 0 Å². The second-order valence-corrected chi connectivity index (χ2v) is 6.54. The number of piperidine rings is 1. The summed E-state index contributed by atoms with van der Waals surface area (Å²) in [6, 6.07) is 0.264. The predicted octanol–water partition coefficient (Wildman–Crippen LogP) is 0.720. The molecule has 1 aliphatic heterocycles. The van der Waals surface area contributed by atoms with Crippen molar-refractivity contribution in [3.05, 3.63) is 0 Å². The highest BCUT2D eigenvalue weighted by Gasteiger charge is 2.17. The summed E-state index contributed by atoms with van der Waals surface area (Å²) in [5.74, 6) is 0.0551. The maximum Gasteiger partial charge on any atom is 0.261 e. The Hall–Kier alpha value is -0.310. The van der Waals surface area contributed by atoms with Crippen LogP contribution >= 0.6 is 0 Å². The fourth-order valence-corrected chi connectivity index (χ4v) is 3.12. The zero-order valence-corrected chi connectivity index (χ0v) is 11.7. The van der Waals surface area contributed by atoms with Gasteiger partial charge in [0.1, 0.15) is 6.61 Å². The molecular formula is C11H22F2N2O3S. The molecule has 1 fully saturated rings. The third-order valence-electron chi connectivity index (χ3n) is 2.96. The zero-order chi connectivity index (χ0) is 14.1. The van der Waals surface area contributed by atoms with Crippen LogP contribution in [0.25, 0.3) is 0 Å². The topological polar surface area (TPSA) is 67.4 Å². The van der Waals surface area contributed by atoms with Crippen LogP contribution < -0.4 is 10.0 Å². The Morgan fingerprint density at radius 3 is 2.79 bits per heavy atom. The van der Waals surface area contributed by atoms with Crippen molar-refractivity contribution in [2.24, 2.45) is 0 Å². The Morgan fingerprint density at radius 2 is 2.16 bits per heavy atom. The lowest BCUT2D eigenvalue weighted by Crippen LogP contribution is -2.37. The van der Waals surface area contributed by atoms with Crippen molar-refractivity contribution < 1.29 is 21.9 Å². The first-order valence-corrected chi connectivity index (χ1v) is 8.21. The van der Waals surface area contributed by atoms with Crippen LogP contribution in [0.5, 0.6) is 0 Å². The van der Waals surface area contributed by atoms with Crippen LogP contribution in [0, 0.1) is 0 Å². The highest BCUT2D eigenvalue weighted by molar-refractivity contribution is 7.89. The molecule has 1 aliphatic rings. The first-order chi connectivity index (χ1) is 8.99. The van der Waals surface area contributed by atoms with E-state index in [4.69, 9.17) is 0 Å². The minimum Gasteiger partial charge on any atom is -0.374 e. The van der Waals surface area contributed by atoms with Gasteiger partial charge < -0.3 is 10.1 Å². The van der Waals surface area contributed by atoms with Crippen molar-refractivity contribution in [1.82, 2.24) is 10.0 Å². The molecule has 0 saturated carbocycles. The quantitative estimate of drug-likeness (QED) is 0.616. The Kier molecular flexibility index (Phi) is 7.74. The third kappa shape index (κ3) is 8.46. The van der Waals surface area contributed by atoms with Crippen LogP contribution in [0.15, 0.2) is 0 Å². The molecule has 1 saturated heterocycles. The van der Waals surface area contributed by atoms with E-state index in [0.29, 0.717) is 6.42 Å². The van der Waals surface area contributed by atoms with E-state index in [-0.39, 0.29) is 24.9 Å². The fraction of sp³-hybridized carbons (Fsp3) is 1.00. The molecule has 0 aromatic carbocycles. The lowest BCUT2D eigenvalue weighted by Gasteiger charge is -2.23. The minimum atomic E-state index is -3.34. The lowest BCUT2D eigenvalue weighted by molar-refractivity contribution is 0.0199. The number of hydrogen-bond donors (Lipinski definition) is 2. The normalized spacial score (nSPS) is 20.9. The molecule has 0 radical (unpaired) electrons. The molecule has 0 spiro atoms. The van der Waals surface area contributed by atoms with E-state index >= 15 is 0 Å². The molecule has 8 heteroatoms. The number of hydrogen-bond acceptors (Lipinski definition) is 4. The standard InChI is InChI=1S/C11H22F2N2O3S/c12-11(13)9-18-7-6-15-19(16,17)8-4-10-3-1-2-5-14-10/h10-11,14-15H,1-9H2. The van der Waals surface area contributed by atoms with Gasteiger partial charge >= 0.3 is 0 Å². The Bertz CT molecular complexity index is 333. The summed E-state index contributed by atoms with van der Waals surface area (Å²) in [4.78, 5) is 0. The van der Waals surface area contributed by atoms with E-state index < -0.39 is 23.1 Å². The van der Waals surface area contributed by atoms with Crippen molar-refractivity contribution in [2.45, 2.75) is 38.2 Å². The molecule has 114 valence electrons. The van der Waals surface area contributed by atoms with Crippen LogP contribution in [0.3, 0.4) is 0 Å². The summed E-state index contributed by atoms with van der Waals surface area (Å²) in [5, 5.41) is 3.28. The number of ether oxygens (including phenoxy) is 1. The molecular weight excluding hydrogens is 278 g/mol. The van der Waals surface area contributed by atoms with Gasteiger partial charge in [0, 0.05) is 12.6 Å². The van der Waals surface area contributed by atoms with Gasteiger partial charge in [-0.05, 0) is 25.8 Å². The van der Waals surface area contributed by atoms with Crippen molar-refractivity contribution >= 4 is 10.0 Å². The second-order valence-electron chi connectivity index (χ2n) is 4.61. The second kappa shape index (κ2) is 8.78. The van der Waals surface area contributed by atoms with Gasteiger partial charge in [-0.25, -0.2) is 21.9 Å². The van der Waals surface area contributed by atoms with E-state index in [1.807, 2.05) is 0 Å². The van der Waals surface area contributed by atoms with Crippen molar-refractivity contribution in [1.29, 1.82) is 0 Å². The number of alkyl halides is 2. The SMILES string of the molecule is O=S(=O)(CCC1CCCCN1)NCCOCC(F)F. The molecule has 1 rings (SSSR count). The van der Waals surface area contributed by atoms with Crippen molar-refractivity contribution in [3.8, 4) is 0 Å². The van der Waals surface area contributed by atoms with Crippen molar-refractivity contribution in [2.75, 3.05) is 32.1 Å². The van der Waals surface area contributed by atoms with E-state index in [1.165, 1.54) is 0 Å². The molecule has 19 heavy (non-hydrogen) atoms. The highest BCUT2D eigenvalue weighted by Crippen LogP contribution is 2.10.